The number of benzene rings is 1. The van der Waals surface area contributed by atoms with Gasteiger partial charge in [-0.15, -0.1) is 0 Å². The first kappa shape index (κ1) is 49.8. The Bertz CT molecular complexity index is 2340. The second-order valence-corrected chi connectivity index (χ2v) is 19.2. The number of likely N-dealkylation sites (tertiary alicyclic amines) is 1. The Hall–Kier alpha value is -5.65. The minimum absolute atomic E-state index is 0.0251. The average Bonchev–Trinajstić information content (AvgIpc) is 3.85. The monoisotopic (exact) mass is 913 g/mol. The molecular formula is C49H68N8O9. The maximum absolute atomic E-state index is 14.5. The van der Waals surface area contributed by atoms with E-state index in [1.54, 1.807) is 39.1 Å². The van der Waals surface area contributed by atoms with E-state index in [2.05, 4.69) is 60.9 Å². The van der Waals surface area contributed by atoms with Crippen LogP contribution in [0.15, 0.2) is 49.2 Å². The average molecular weight is 913 g/mol. The molecule has 1 aromatic carbocycles. The largest absolute Gasteiger partial charge is 0.464 e. The van der Waals surface area contributed by atoms with Crippen LogP contribution in [0.5, 0.6) is 0 Å². The van der Waals surface area contributed by atoms with Crippen LogP contribution in [0.3, 0.4) is 0 Å². The molecule has 17 heteroatoms. The van der Waals surface area contributed by atoms with Crippen LogP contribution in [0.2, 0.25) is 0 Å². The number of hydrogen-bond donors (Lipinski definition) is 3. The van der Waals surface area contributed by atoms with Crippen molar-refractivity contribution in [3.05, 3.63) is 66.0 Å². The van der Waals surface area contributed by atoms with E-state index in [1.165, 1.54) is 17.0 Å². The number of aromatic nitrogens is 2. The molecule has 66 heavy (non-hydrogen) atoms. The van der Waals surface area contributed by atoms with Gasteiger partial charge in [-0.2, -0.15) is 0 Å². The number of hydrazine groups is 1. The van der Waals surface area contributed by atoms with E-state index < -0.39 is 64.7 Å². The van der Waals surface area contributed by atoms with E-state index >= 15 is 0 Å². The number of pyridine rings is 1. The summed E-state index contributed by atoms with van der Waals surface area (Å²) < 4.78 is 14.1. The van der Waals surface area contributed by atoms with Crippen molar-refractivity contribution < 1.29 is 43.3 Å². The molecule has 0 saturated carbocycles. The summed E-state index contributed by atoms with van der Waals surface area (Å²) in [6.45, 7) is 16.3. The third-order valence-electron chi connectivity index (χ3n) is 13.3. The van der Waals surface area contributed by atoms with E-state index in [0.717, 1.165) is 50.0 Å². The lowest BCUT2D eigenvalue weighted by Crippen LogP contribution is -2.62. The molecule has 2 saturated heterocycles. The molecule has 0 unspecified atom stereocenters. The van der Waals surface area contributed by atoms with E-state index in [1.807, 2.05) is 19.1 Å². The Balaban J connectivity index is 1.33. The van der Waals surface area contributed by atoms with Crippen LogP contribution >= 0.6 is 0 Å². The molecule has 3 aliphatic heterocycles. The molecule has 0 aliphatic carbocycles. The first-order chi connectivity index (χ1) is 31.2. The van der Waals surface area contributed by atoms with Gasteiger partial charge in [0, 0.05) is 88.3 Å². The number of carbonyl (C=O) groups excluding carboxylic acids is 6. The molecule has 2 aromatic heterocycles. The summed E-state index contributed by atoms with van der Waals surface area (Å²) >= 11 is 0. The number of carbonyl (C=O) groups is 6. The molecule has 5 heterocycles. The smallest absolute Gasteiger partial charge is 0.324 e. The summed E-state index contributed by atoms with van der Waals surface area (Å²) in [6, 6.07) is 6.95. The molecule has 0 spiro atoms. The van der Waals surface area contributed by atoms with Gasteiger partial charge in [-0.05, 0) is 86.9 Å². The highest BCUT2D eigenvalue weighted by atomic mass is 16.5. The molecule has 3 N–H and O–H groups in total. The summed E-state index contributed by atoms with van der Waals surface area (Å²) in [7, 11) is 4.78. The van der Waals surface area contributed by atoms with Gasteiger partial charge in [0.05, 0.1) is 30.6 Å². The predicted octanol–water partition coefficient (Wildman–Crippen LogP) is 3.91. The Morgan fingerprint density at radius 2 is 1.88 bits per heavy atom. The van der Waals surface area contributed by atoms with Crippen LogP contribution in [-0.2, 0) is 57.8 Å². The highest BCUT2D eigenvalue weighted by Crippen LogP contribution is 2.41. The van der Waals surface area contributed by atoms with E-state index in [-0.39, 0.29) is 64.1 Å². The lowest BCUT2D eigenvalue weighted by molar-refractivity contribution is -0.156. The van der Waals surface area contributed by atoms with Crippen molar-refractivity contribution >= 4 is 46.4 Å². The van der Waals surface area contributed by atoms with Crippen LogP contribution in [0.25, 0.3) is 22.2 Å². The molecule has 6 rings (SSSR count). The van der Waals surface area contributed by atoms with Gasteiger partial charge < -0.3 is 39.2 Å². The van der Waals surface area contributed by atoms with Gasteiger partial charge in [-0.1, -0.05) is 40.3 Å². The normalized spacial score (nSPS) is 23.0. The number of likely N-dealkylation sites (N-methyl/N-ethyl adjacent to an activating group) is 1. The van der Waals surface area contributed by atoms with Gasteiger partial charge in [0.1, 0.15) is 18.1 Å². The zero-order valence-corrected chi connectivity index (χ0v) is 40.0. The Kier molecular flexibility index (Phi) is 15.4. The number of aliphatic hydroxyl groups is 1. The third kappa shape index (κ3) is 10.5. The fourth-order valence-electron chi connectivity index (χ4n) is 9.64. The molecule has 3 aliphatic rings. The number of fused-ring (bicyclic) bond motifs is 3. The van der Waals surface area contributed by atoms with E-state index in [9.17, 15) is 33.9 Å². The second kappa shape index (κ2) is 20.5. The van der Waals surface area contributed by atoms with Crippen LogP contribution in [0.4, 0.5) is 0 Å². The molecular weight excluding hydrogens is 845 g/mol. The van der Waals surface area contributed by atoms with Crippen LogP contribution in [0.1, 0.15) is 96.6 Å². The Morgan fingerprint density at radius 3 is 2.56 bits per heavy atom. The maximum Gasteiger partial charge on any atom is 0.324 e. The van der Waals surface area contributed by atoms with Crippen molar-refractivity contribution in [2.24, 2.45) is 11.3 Å². The lowest BCUT2D eigenvalue weighted by Gasteiger charge is -2.37. The van der Waals surface area contributed by atoms with Gasteiger partial charge in [0.2, 0.25) is 17.7 Å². The number of hydrogen-bond acceptors (Lipinski definition) is 11. The fraction of sp³-hybridized carbons (Fsp3) is 0.571. The quantitative estimate of drug-likeness (QED) is 0.197. The highest BCUT2D eigenvalue weighted by molar-refractivity contribution is 5.96. The molecule has 17 nitrogen and oxygen atoms in total. The van der Waals surface area contributed by atoms with Gasteiger partial charge in [-0.25, -0.2) is 5.43 Å². The summed E-state index contributed by atoms with van der Waals surface area (Å²) in [4.78, 5) is 91.7. The number of methoxy groups -OCH3 is 1. The number of nitrogens with one attached hydrogen (secondary N) is 2. The van der Waals surface area contributed by atoms with Gasteiger partial charge in [0.25, 0.3) is 11.8 Å². The summed E-state index contributed by atoms with van der Waals surface area (Å²) in [5.74, 6) is -3.62. The number of esters is 1. The number of cyclic esters (lactones) is 1. The number of rotatable bonds is 10. The zero-order chi connectivity index (χ0) is 48.2. The van der Waals surface area contributed by atoms with Gasteiger partial charge in [-0.3, -0.25) is 38.8 Å². The standard InChI is InChI=1S/C49H68N8O9/c1-11-39(58)55-24-21-49(64,28-55)47(63)54(9)42(30(3)4)44(60)51-36-18-20-40(59)53(8)27-32-17-19-38-34(25-32)35(43(56(38)12-2)33-15-13-22-50-41(33)31(5)65-10)26-48(6,7)29-66-46(62)37-16-14-23-57(52-37)45(36)61/h11,13,15,17,19,22,25,30-31,36-37,42,52,64H,1,12,14,16,18,20-21,23-24,26-29H2,2-10H3,(H,51,60)/t31-,36-,37-,42-,49+/m0/s1. The number of amides is 5. The summed E-state index contributed by atoms with van der Waals surface area (Å²) in [5, 5.41) is 16.6. The van der Waals surface area contributed by atoms with Crippen molar-refractivity contribution in [3.8, 4) is 11.3 Å². The molecule has 358 valence electrons. The minimum atomic E-state index is -1.93. The van der Waals surface area contributed by atoms with Crippen molar-refractivity contribution in [2.75, 3.05) is 47.4 Å². The number of ether oxygens (including phenoxy) is 2. The second-order valence-electron chi connectivity index (χ2n) is 19.2. The van der Waals surface area contributed by atoms with Gasteiger partial charge in [0.15, 0.2) is 5.60 Å². The van der Waals surface area contributed by atoms with Gasteiger partial charge >= 0.3 is 5.97 Å². The van der Waals surface area contributed by atoms with Crippen LogP contribution in [-0.4, -0.2) is 141 Å². The SMILES string of the molecule is C=CC(=O)N1CC[C@](O)(C(=O)N(C)[C@H](C(=O)N[C@H]2CCC(=O)N(C)Cc3ccc4c(c3)c(c(-c3cccnc3[C@H](C)OC)n4CC)CC(C)(C)COC(=O)[C@@H]3CCCN(N3)C2=O)C(C)C)C1. The molecule has 5 atom stereocenters. The Labute approximate surface area is 387 Å². The van der Waals surface area contributed by atoms with E-state index in [0.29, 0.717) is 25.8 Å². The number of nitrogens with zero attached hydrogens (tertiary/aromatic N) is 6. The summed E-state index contributed by atoms with van der Waals surface area (Å²) in [6.07, 6.45) is 3.78. The minimum Gasteiger partial charge on any atom is -0.464 e. The molecule has 0 radical (unpaired) electrons. The number of β-amino-alcohol motifs (C(OH)–C–C–N with tert-alkyl or cyclic N) is 1. The van der Waals surface area contributed by atoms with Crippen LogP contribution < -0.4 is 10.7 Å². The molecule has 3 aromatic rings. The maximum atomic E-state index is 14.5. The summed E-state index contributed by atoms with van der Waals surface area (Å²) in [5.41, 5.74) is 6.26. The third-order valence-corrected chi connectivity index (χ3v) is 13.3. The first-order valence-corrected chi connectivity index (χ1v) is 23.1. The topological polar surface area (TPSA) is 196 Å². The molecule has 4 bridgehead atoms. The van der Waals surface area contributed by atoms with Crippen molar-refractivity contribution in [3.63, 3.8) is 0 Å². The molecule has 2 fully saturated rings. The highest BCUT2D eigenvalue weighted by Gasteiger charge is 2.48. The zero-order valence-electron chi connectivity index (χ0n) is 40.0. The van der Waals surface area contributed by atoms with E-state index in [4.69, 9.17) is 14.5 Å². The van der Waals surface area contributed by atoms with Crippen molar-refractivity contribution in [2.45, 2.75) is 123 Å². The van der Waals surface area contributed by atoms with Crippen LogP contribution in [0, 0.1) is 11.3 Å². The first-order valence-electron chi connectivity index (χ1n) is 23.1. The fourth-order valence-corrected chi connectivity index (χ4v) is 9.64. The lowest BCUT2D eigenvalue weighted by atomic mass is 9.84. The van der Waals surface area contributed by atoms with Crippen molar-refractivity contribution in [1.82, 2.24) is 40.0 Å². The Morgan fingerprint density at radius 1 is 1.14 bits per heavy atom. The number of aryl methyl sites for hydroxylation is 1. The predicted molar refractivity (Wildman–Crippen MR) is 248 cm³/mol. The molecule has 5 amide bonds. The van der Waals surface area contributed by atoms with Crippen molar-refractivity contribution in [1.29, 1.82) is 0 Å².